The average Bonchev–Trinajstić information content (AvgIpc) is 2.71. The van der Waals surface area contributed by atoms with Gasteiger partial charge in [-0.05, 0) is 55.9 Å². The van der Waals surface area contributed by atoms with Crippen molar-refractivity contribution >= 4 is 11.8 Å². The Kier molecular flexibility index (Phi) is 4.36. The van der Waals surface area contributed by atoms with Crippen molar-refractivity contribution in [2.75, 3.05) is 19.1 Å². The molecule has 2 rings (SSSR count). The van der Waals surface area contributed by atoms with Gasteiger partial charge in [-0.1, -0.05) is 0 Å². The first-order valence-corrected chi connectivity index (χ1v) is 7.59. The molecule has 1 N–H and O–H groups in total. The lowest BCUT2D eigenvalue weighted by Gasteiger charge is -2.21. The first-order valence-electron chi connectivity index (χ1n) is 6.20. The largest absolute Gasteiger partial charge is 0.354 e. The molecule has 2 nitrogen and oxygen atoms in total. The first kappa shape index (κ1) is 12.1. The third kappa shape index (κ3) is 2.64. The summed E-state index contributed by atoms with van der Waals surface area (Å²) in [5, 5.41) is 3.42. The minimum atomic E-state index is 0.588. The molecule has 1 atom stereocenters. The molecule has 0 saturated heterocycles. The summed E-state index contributed by atoms with van der Waals surface area (Å²) in [6.07, 6.45) is 12.1. The highest BCUT2D eigenvalue weighted by Crippen LogP contribution is 2.30. The third-order valence-corrected chi connectivity index (χ3v) is 4.12. The van der Waals surface area contributed by atoms with E-state index in [9.17, 15) is 0 Å². The fourth-order valence-electron chi connectivity index (χ4n) is 2.57. The molecule has 1 unspecified atom stereocenters. The summed E-state index contributed by atoms with van der Waals surface area (Å²) in [7, 11) is 2.07. The Balaban J connectivity index is 2.03. The minimum absolute atomic E-state index is 0.588. The number of rotatable bonds is 5. The van der Waals surface area contributed by atoms with Crippen molar-refractivity contribution in [3.8, 4) is 0 Å². The van der Waals surface area contributed by atoms with Crippen LogP contribution in [0.2, 0.25) is 0 Å². The first-order chi connectivity index (χ1) is 7.85. The van der Waals surface area contributed by atoms with Crippen LogP contribution in [0.15, 0.2) is 12.4 Å². The Morgan fingerprint density at radius 2 is 2.38 bits per heavy atom. The van der Waals surface area contributed by atoms with E-state index in [4.69, 9.17) is 0 Å². The van der Waals surface area contributed by atoms with Gasteiger partial charge < -0.3 is 9.88 Å². The standard InChI is InChI=1S/C13H22N2S/c1-14-13-6-3-5-11-9-15(10-12(11)13)7-4-8-16-2/h9-10,13-14H,3-8H2,1-2H3. The molecule has 1 aromatic heterocycles. The van der Waals surface area contributed by atoms with Crippen LogP contribution in [0.25, 0.3) is 0 Å². The summed E-state index contributed by atoms with van der Waals surface area (Å²) in [6, 6.07) is 0.588. The molecular formula is C13H22N2S. The maximum atomic E-state index is 3.42. The van der Waals surface area contributed by atoms with E-state index >= 15 is 0 Å². The van der Waals surface area contributed by atoms with Crippen LogP contribution in [0, 0.1) is 0 Å². The van der Waals surface area contributed by atoms with Crippen molar-refractivity contribution in [1.82, 2.24) is 9.88 Å². The predicted molar refractivity (Wildman–Crippen MR) is 72.2 cm³/mol. The second kappa shape index (κ2) is 5.78. The molecule has 16 heavy (non-hydrogen) atoms. The number of hydrogen-bond donors (Lipinski definition) is 1. The summed E-state index contributed by atoms with van der Waals surface area (Å²) in [5.41, 5.74) is 3.10. The van der Waals surface area contributed by atoms with Crippen LogP contribution in [-0.4, -0.2) is 23.6 Å². The zero-order valence-corrected chi connectivity index (χ0v) is 11.1. The average molecular weight is 238 g/mol. The van der Waals surface area contributed by atoms with Crippen LogP contribution in [0.3, 0.4) is 0 Å². The number of thioether (sulfide) groups is 1. The molecular weight excluding hydrogens is 216 g/mol. The maximum absolute atomic E-state index is 3.42. The van der Waals surface area contributed by atoms with Crippen molar-refractivity contribution in [3.05, 3.63) is 23.5 Å². The molecule has 1 aliphatic carbocycles. The Hall–Kier alpha value is -0.410. The van der Waals surface area contributed by atoms with Crippen LogP contribution in [0.1, 0.15) is 36.4 Å². The SMILES string of the molecule is CNC1CCCc2cn(CCCSC)cc21. The number of aromatic nitrogens is 1. The van der Waals surface area contributed by atoms with Gasteiger partial charge in [-0.3, -0.25) is 0 Å². The molecule has 0 saturated carbocycles. The molecule has 0 radical (unpaired) electrons. The molecule has 0 spiro atoms. The van der Waals surface area contributed by atoms with Gasteiger partial charge in [0.15, 0.2) is 0 Å². The lowest BCUT2D eigenvalue weighted by Crippen LogP contribution is -2.20. The molecule has 90 valence electrons. The maximum Gasteiger partial charge on any atom is 0.0335 e. The van der Waals surface area contributed by atoms with Gasteiger partial charge in [0.2, 0.25) is 0 Å². The van der Waals surface area contributed by atoms with Crippen molar-refractivity contribution in [2.24, 2.45) is 0 Å². The predicted octanol–water partition coefficient (Wildman–Crippen LogP) is 2.84. The normalized spacial score (nSPS) is 19.8. The highest BCUT2D eigenvalue weighted by molar-refractivity contribution is 7.98. The Bertz CT molecular complexity index is 333. The fraction of sp³-hybridized carbons (Fsp3) is 0.692. The molecule has 1 heterocycles. The van der Waals surface area contributed by atoms with Crippen molar-refractivity contribution < 1.29 is 0 Å². The van der Waals surface area contributed by atoms with E-state index in [2.05, 4.69) is 35.6 Å². The van der Waals surface area contributed by atoms with Gasteiger partial charge in [0.05, 0.1) is 0 Å². The van der Waals surface area contributed by atoms with E-state index in [0.717, 1.165) is 0 Å². The third-order valence-electron chi connectivity index (χ3n) is 3.42. The number of nitrogens with one attached hydrogen (secondary N) is 1. The van der Waals surface area contributed by atoms with Gasteiger partial charge in [0.1, 0.15) is 0 Å². The molecule has 1 aliphatic rings. The van der Waals surface area contributed by atoms with Gasteiger partial charge in [-0.2, -0.15) is 11.8 Å². The Morgan fingerprint density at radius 3 is 3.12 bits per heavy atom. The van der Waals surface area contributed by atoms with E-state index in [1.165, 1.54) is 43.5 Å². The van der Waals surface area contributed by atoms with Crippen LogP contribution in [-0.2, 0) is 13.0 Å². The Labute approximate surface area is 103 Å². The highest BCUT2D eigenvalue weighted by atomic mass is 32.2. The van der Waals surface area contributed by atoms with Crippen LogP contribution < -0.4 is 5.32 Å². The lowest BCUT2D eigenvalue weighted by atomic mass is 9.91. The topological polar surface area (TPSA) is 17.0 Å². The lowest BCUT2D eigenvalue weighted by molar-refractivity contribution is 0.498. The van der Waals surface area contributed by atoms with Crippen molar-refractivity contribution in [2.45, 2.75) is 38.3 Å². The van der Waals surface area contributed by atoms with Gasteiger partial charge in [-0.25, -0.2) is 0 Å². The smallest absolute Gasteiger partial charge is 0.0335 e. The fourth-order valence-corrected chi connectivity index (χ4v) is 2.99. The molecule has 0 aliphatic heterocycles. The summed E-state index contributed by atoms with van der Waals surface area (Å²) in [4.78, 5) is 0. The zero-order chi connectivity index (χ0) is 11.4. The Morgan fingerprint density at radius 1 is 1.50 bits per heavy atom. The second-order valence-corrected chi connectivity index (χ2v) is 5.54. The molecule has 0 fully saturated rings. The number of fused-ring (bicyclic) bond motifs is 1. The quantitative estimate of drug-likeness (QED) is 0.794. The summed E-state index contributed by atoms with van der Waals surface area (Å²) >= 11 is 1.94. The molecule has 0 aromatic carbocycles. The van der Waals surface area contributed by atoms with Gasteiger partial charge in [0.25, 0.3) is 0 Å². The number of hydrogen-bond acceptors (Lipinski definition) is 2. The van der Waals surface area contributed by atoms with Crippen LogP contribution in [0.4, 0.5) is 0 Å². The summed E-state index contributed by atoms with van der Waals surface area (Å²) in [6.45, 7) is 1.17. The molecule has 3 heteroatoms. The van der Waals surface area contributed by atoms with Gasteiger partial charge in [0, 0.05) is 25.0 Å². The van der Waals surface area contributed by atoms with Crippen molar-refractivity contribution in [3.63, 3.8) is 0 Å². The molecule has 1 aromatic rings. The second-order valence-electron chi connectivity index (χ2n) is 4.56. The van der Waals surface area contributed by atoms with Gasteiger partial charge >= 0.3 is 0 Å². The van der Waals surface area contributed by atoms with E-state index in [0.29, 0.717) is 6.04 Å². The number of aryl methyl sites for hydroxylation is 2. The van der Waals surface area contributed by atoms with Crippen LogP contribution >= 0.6 is 11.8 Å². The van der Waals surface area contributed by atoms with Crippen molar-refractivity contribution in [1.29, 1.82) is 0 Å². The van der Waals surface area contributed by atoms with Crippen LogP contribution in [0.5, 0.6) is 0 Å². The zero-order valence-electron chi connectivity index (χ0n) is 10.3. The van der Waals surface area contributed by atoms with E-state index < -0.39 is 0 Å². The minimum Gasteiger partial charge on any atom is -0.354 e. The monoisotopic (exact) mass is 238 g/mol. The molecule has 0 bridgehead atoms. The summed E-state index contributed by atoms with van der Waals surface area (Å²) in [5.74, 6) is 1.26. The van der Waals surface area contributed by atoms with Gasteiger partial charge in [-0.15, -0.1) is 0 Å². The highest BCUT2D eigenvalue weighted by Gasteiger charge is 2.20. The molecule has 0 amide bonds. The van der Waals surface area contributed by atoms with E-state index in [1.54, 1.807) is 5.56 Å². The van der Waals surface area contributed by atoms with E-state index in [-0.39, 0.29) is 0 Å². The number of nitrogens with zero attached hydrogens (tertiary/aromatic N) is 1. The summed E-state index contributed by atoms with van der Waals surface area (Å²) < 4.78 is 2.39. The van der Waals surface area contributed by atoms with E-state index in [1.807, 2.05) is 11.8 Å².